The molecule has 0 aliphatic rings. The lowest BCUT2D eigenvalue weighted by molar-refractivity contribution is -0.141. The lowest BCUT2D eigenvalue weighted by Gasteiger charge is -2.12. The zero-order valence-corrected chi connectivity index (χ0v) is 10.9. The summed E-state index contributed by atoms with van der Waals surface area (Å²) in [5, 5.41) is 2.60. The van der Waals surface area contributed by atoms with E-state index in [1.165, 1.54) is 12.1 Å². The quantitative estimate of drug-likeness (QED) is 0.459. The van der Waals surface area contributed by atoms with Crippen molar-refractivity contribution in [3.05, 3.63) is 40.8 Å². The molecule has 0 amide bonds. The number of halogens is 5. The van der Waals surface area contributed by atoms with Gasteiger partial charge in [-0.15, -0.1) is 0 Å². The number of hydrogen-bond acceptors (Lipinski definition) is 5. The lowest BCUT2D eigenvalue weighted by atomic mass is 10.3. The van der Waals surface area contributed by atoms with Crippen molar-refractivity contribution in [2.45, 2.75) is 6.18 Å². The molecule has 0 unspecified atom stereocenters. The molecule has 5 nitrogen and oxygen atoms in total. The number of anilines is 3. The first-order valence-electron chi connectivity index (χ1n) is 5.44. The van der Waals surface area contributed by atoms with Gasteiger partial charge in [0.25, 0.3) is 0 Å². The third-order valence-corrected chi connectivity index (χ3v) is 2.57. The fourth-order valence-electron chi connectivity index (χ4n) is 1.45. The van der Waals surface area contributed by atoms with Crippen molar-refractivity contribution in [3.8, 4) is 0 Å². The number of aromatic nitrogens is 2. The molecule has 4 N–H and O–H groups in total. The highest BCUT2D eigenvalue weighted by Gasteiger charge is 2.33. The topological polar surface area (TPSA) is 75.9 Å². The summed E-state index contributed by atoms with van der Waals surface area (Å²) in [6, 6.07) is 4.21. The number of rotatable bonds is 3. The van der Waals surface area contributed by atoms with Crippen LogP contribution in [0.1, 0.15) is 5.69 Å². The number of benzene rings is 1. The second-order valence-corrected chi connectivity index (χ2v) is 4.29. The fraction of sp³-hybridized carbons (Fsp3) is 0.0909. The van der Waals surface area contributed by atoms with Gasteiger partial charge >= 0.3 is 6.18 Å². The van der Waals surface area contributed by atoms with Gasteiger partial charge in [-0.25, -0.2) is 15.2 Å². The summed E-state index contributed by atoms with van der Waals surface area (Å²) < 4.78 is 51.6. The summed E-state index contributed by atoms with van der Waals surface area (Å²) in [6.07, 6.45) is -4.70. The molecular weight excluding hydrogens is 314 g/mol. The molecule has 0 aliphatic heterocycles. The van der Waals surface area contributed by atoms with E-state index in [0.717, 1.165) is 6.07 Å². The number of nitrogens with one attached hydrogen (secondary N) is 2. The van der Waals surface area contributed by atoms with Crippen molar-refractivity contribution in [2.24, 2.45) is 5.84 Å². The van der Waals surface area contributed by atoms with Crippen molar-refractivity contribution in [1.29, 1.82) is 0 Å². The Balaban J connectivity index is 2.42. The average molecular weight is 322 g/mol. The van der Waals surface area contributed by atoms with Crippen molar-refractivity contribution in [1.82, 2.24) is 9.97 Å². The van der Waals surface area contributed by atoms with E-state index in [2.05, 4.69) is 15.3 Å². The van der Waals surface area contributed by atoms with E-state index in [1.807, 2.05) is 5.43 Å². The molecule has 112 valence electrons. The summed E-state index contributed by atoms with van der Waals surface area (Å²) in [5.74, 6) is 3.56. The van der Waals surface area contributed by atoms with Crippen LogP contribution < -0.4 is 16.6 Å². The lowest BCUT2D eigenvalue weighted by Crippen LogP contribution is -2.16. The van der Waals surface area contributed by atoms with Crippen molar-refractivity contribution >= 4 is 29.1 Å². The van der Waals surface area contributed by atoms with Crippen molar-refractivity contribution in [2.75, 3.05) is 10.7 Å². The van der Waals surface area contributed by atoms with Gasteiger partial charge in [-0.2, -0.15) is 18.2 Å². The summed E-state index contributed by atoms with van der Waals surface area (Å²) in [4.78, 5) is 6.84. The Bertz CT molecular complexity index is 662. The highest BCUT2D eigenvalue weighted by atomic mass is 35.5. The SMILES string of the molecule is NNc1nc(Nc2cc(Cl)ccc2F)cc(C(F)(F)F)n1. The maximum absolute atomic E-state index is 13.5. The van der Waals surface area contributed by atoms with Gasteiger partial charge in [-0.3, -0.25) is 5.43 Å². The molecule has 2 rings (SSSR count). The van der Waals surface area contributed by atoms with Crippen LogP contribution in [-0.2, 0) is 6.18 Å². The Hall–Kier alpha value is -2.13. The molecule has 0 spiro atoms. The van der Waals surface area contributed by atoms with Gasteiger partial charge in [0.05, 0.1) is 5.69 Å². The van der Waals surface area contributed by atoms with Gasteiger partial charge in [-0.05, 0) is 18.2 Å². The highest BCUT2D eigenvalue weighted by Crippen LogP contribution is 2.31. The van der Waals surface area contributed by atoms with Crippen LogP contribution in [0.3, 0.4) is 0 Å². The molecule has 0 fully saturated rings. The van der Waals surface area contributed by atoms with Gasteiger partial charge in [0.15, 0.2) is 5.69 Å². The van der Waals surface area contributed by atoms with Crippen LogP contribution in [0.25, 0.3) is 0 Å². The van der Waals surface area contributed by atoms with Crippen LogP contribution >= 0.6 is 11.6 Å². The molecule has 0 radical (unpaired) electrons. The number of hydrazine groups is 1. The van der Waals surface area contributed by atoms with Gasteiger partial charge < -0.3 is 5.32 Å². The first-order valence-corrected chi connectivity index (χ1v) is 5.82. The smallest absolute Gasteiger partial charge is 0.338 e. The van der Waals surface area contributed by atoms with Crippen LogP contribution in [0.15, 0.2) is 24.3 Å². The molecule has 0 atom stereocenters. The molecule has 0 bridgehead atoms. The molecule has 1 heterocycles. The maximum atomic E-state index is 13.5. The van der Waals surface area contributed by atoms with Crippen LogP contribution in [0.5, 0.6) is 0 Å². The third-order valence-electron chi connectivity index (χ3n) is 2.34. The van der Waals surface area contributed by atoms with Gasteiger partial charge in [0, 0.05) is 11.1 Å². The molecule has 21 heavy (non-hydrogen) atoms. The number of nitrogens with two attached hydrogens (primary N) is 1. The van der Waals surface area contributed by atoms with E-state index in [0.29, 0.717) is 6.07 Å². The van der Waals surface area contributed by atoms with E-state index < -0.39 is 23.6 Å². The molecule has 0 aliphatic carbocycles. The Morgan fingerprint density at radius 1 is 1.14 bits per heavy atom. The van der Waals surface area contributed by atoms with E-state index >= 15 is 0 Å². The second kappa shape index (κ2) is 5.70. The summed E-state index contributed by atoms with van der Waals surface area (Å²) >= 11 is 5.69. The summed E-state index contributed by atoms with van der Waals surface area (Å²) in [6.45, 7) is 0. The predicted octanol–water partition coefficient (Wildman–Crippen LogP) is 3.32. The minimum absolute atomic E-state index is 0.128. The fourth-order valence-corrected chi connectivity index (χ4v) is 1.62. The normalized spacial score (nSPS) is 11.3. The molecule has 1 aromatic carbocycles. The van der Waals surface area contributed by atoms with Crippen LogP contribution in [-0.4, -0.2) is 9.97 Å². The maximum Gasteiger partial charge on any atom is 0.433 e. The summed E-state index contributed by atoms with van der Waals surface area (Å²) in [5.41, 5.74) is 0.556. The molecule has 0 saturated heterocycles. The number of nitrogen functional groups attached to an aromatic ring is 1. The Labute approximate surface area is 121 Å². The molecule has 10 heteroatoms. The van der Waals surface area contributed by atoms with E-state index in [9.17, 15) is 17.6 Å². The van der Waals surface area contributed by atoms with E-state index in [-0.39, 0.29) is 16.5 Å². The van der Waals surface area contributed by atoms with Crippen LogP contribution in [0.4, 0.5) is 35.0 Å². The van der Waals surface area contributed by atoms with Gasteiger partial charge in [0.1, 0.15) is 11.6 Å². The Morgan fingerprint density at radius 2 is 1.86 bits per heavy atom. The number of nitrogens with zero attached hydrogens (tertiary/aromatic N) is 2. The molecule has 1 aromatic heterocycles. The number of alkyl halides is 3. The van der Waals surface area contributed by atoms with Crippen LogP contribution in [0.2, 0.25) is 5.02 Å². The van der Waals surface area contributed by atoms with E-state index in [1.54, 1.807) is 0 Å². The van der Waals surface area contributed by atoms with Crippen molar-refractivity contribution < 1.29 is 17.6 Å². The Morgan fingerprint density at radius 3 is 2.48 bits per heavy atom. The second-order valence-electron chi connectivity index (χ2n) is 3.85. The van der Waals surface area contributed by atoms with E-state index in [4.69, 9.17) is 17.4 Å². The monoisotopic (exact) mass is 321 g/mol. The molecular formula is C11H8ClF4N5. The largest absolute Gasteiger partial charge is 0.433 e. The highest BCUT2D eigenvalue weighted by molar-refractivity contribution is 6.30. The standard InChI is InChI=1S/C11H8ClF4N5/c12-5-1-2-6(13)7(3-5)18-9-4-8(11(14,15)16)19-10(20-9)21-17/h1-4H,17H2,(H2,18,19,20,21). The molecule has 2 aromatic rings. The summed E-state index contributed by atoms with van der Waals surface area (Å²) in [7, 11) is 0. The first kappa shape index (κ1) is 15.3. The predicted molar refractivity (Wildman–Crippen MR) is 69.5 cm³/mol. The average Bonchev–Trinajstić information content (AvgIpc) is 2.41. The third kappa shape index (κ3) is 3.70. The van der Waals surface area contributed by atoms with Gasteiger partial charge in [-0.1, -0.05) is 11.6 Å². The van der Waals surface area contributed by atoms with Crippen LogP contribution in [0, 0.1) is 5.82 Å². The minimum Gasteiger partial charge on any atom is -0.338 e. The Kier molecular flexibility index (Phi) is 4.14. The van der Waals surface area contributed by atoms with Gasteiger partial charge in [0.2, 0.25) is 5.95 Å². The number of hydrogen-bond donors (Lipinski definition) is 3. The van der Waals surface area contributed by atoms with Crippen molar-refractivity contribution in [3.63, 3.8) is 0 Å². The molecule has 0 saturated carbocycles. The zero-order chi connectivity index (χ0) is 15.6. The zero-order valence-electron chi connectivity index (χ0n) is 10.2. The first-order chi connectivity index (χ1) is 9.79. The minimum atomic E-state index is -4.70.